The molecule has 0 amide bonds. The Labute approximate surface area is 229 Å². The molecule has 0 spiro atoms. The molecule has 1 fully saturated rings. The van der Waals surface area contributed by atoms with E-state index in [1.54, 1.807) is 0 Å². The molecule has 1 saturated heterocycles. The summed E-state index contributed by atoms with van der Waals surface area (Å²) in [4.78, 5) is 14.9. The Morgan fingerprint density at radius 3 is 2.22 bits per heavy atom. The maximum atomic E-state index is 4.87. The van der Waals surface area contributed by atoms with Crippen LogP contribution in [0.4, 0.5) is 0 Å². The van der Waals surface area contributed by atoms with E-state index < -0.39 is 0 Å². The van der Waals surface area contributed by atoms with Crippen LogP contribution in [0.15, 0.2) is 36.4 Å². The van der Waals surface area contributed by atoms with E-state index in [2.05, 4.69) is 98.4 Å². The fraction of sp³-hybridized carbons (Fsp3) is 0.517. The molecule has 2 aromatic heterocycles. The van der Waals surface area contributed by atoms with Crippen LogP contribution >= 0.6 is 24.8 Å². The van der Waals surface area contributed by atoms with Gasteiger partial charge in [-0.25, -0.2) is 9.97 Å². The average molecular weight is 533 g/mol. The summed E-state index contributed by atoms with van der Waals surface area (Å²) in [6.45, 7) is 20.0. The van der Waals surface area contributed by atoms with Crippen LogP contribution in [0.1, 0.15) is 62.3 Å². The third-order valence-electron chi connectivity index (χ3n) is 6.98. The highest BCUT2D eigenvalue weighted by molar-refractivity contribution is 5.85. The summed E-state index contributed by atoms with van der Waals surface area (Å²) < 4.78 is 2.28. The van der Waals surface area contributed by atoms with E-state index in [1.807, 2.05) is 0 Å². The third-order valence-corrected chi connectivity index (χ3v) is 6.98. The second kappa shape index (κ2) is 13.0. The smallest absolute Gasteiger partial charge is 0.160 e. The van der Waals surface area contributed by atoms with Crippen molar-refractivity contribution in [3.05, 3.63) is 64.6 Å². The maximum Gasteiger partial charge on any atom is 0.160 e. The van der Waals surface area contributed by atoms with E-state index in [9.17, 15) is 0 Å². The van der Waals surface area contributed by atoms with Crippen LogP contribution in [0, 0.1) is 13.8 Å². The number of aryl methyl sites for hydroxylation is 3. The zero-order valence-corrected chi connectivity index (χ0v) is 24.4. The first-order valence-electron chi connectivity index (χ1n) is 12.8. The van der Waals surface area contributed by atoms with E-state index >= 15 is 0 Å². The minimum Gasteiger partial charge on any atom is -0.308 e. The first-order valence-corrected chi connectivity index (χ1v) is 12.8. The van der Waals surface area contributed by atoms with Gasteiger partial charge in [0.2, 0.25) is 0 Å². The van der Waals surface area contributed by atoms with E-state index in [4.69, 9.17) is 9.97 Å². The second-order valence-corrected chi connectivity index (χ2v) is 10.7. The van der Waals surface area contributed by atoms with Gasteiger partial charge in [0.15, 0.2) is 5.65 Å². The molecule has 1 aromatic carbocycles. The van der Waals surface area contributed by atoms with Crippen LogP contribution in [0.5, 0.6) is 0 Å². The lowest BCUT2D eigenvalue weighted by molar-refractivity contribution is 0.0632. The highest BCUT2D eigenvalue weighted by Crippen LogP contribution is 2.21. The van der Waals surface area contributed by atoms with Crippen molar-refractivity contribution in [2.75, 3.05) is 32.7 Å². The zero-order valence-electron chi connectivity index (χ0n) is 22.8. The van der Waals surface area contributed by atoms with Crippen molar-refractivity contribution < 1.29 is 0 Å². The molecule has 4 rings (SSSR count). The normalized spacial score (nSPS) is 15.3. The van der Waals surface area contributed by atoms with Crippen LogP contribution in [0.3, 0.4) is 0 Å². The van der Waals surface area contributed by atoms with Gasteiger partial charge in [0.05, 0.1) is 6.54 Å². The number of rotatable bonds is 7. The minimum atomic E-state index is 0. The third kappa shape index (κ3) is 7.32. The zero-order chi connectivity index (χ0) is 24.3. The van der Waals surface area contributed by atoms with Crippen molar-refractivity contribution in [2.24, 2.45) is 0 Å². The molecule has 0 N–H and O–H groups in total. The van der Waals surface area contributed by atoms with Crippen LogP contribution in [-0.4, -0.2) is 62.6 Å². The average Bonchev–Trinajstić information content (AvgIpc) is 3.15. The van der Waals surface area contributed by atoms with Gasteiger partial charge in [-0.15, -0.1) is 24.8 Å². The lowest BCUT2D eigenvalue weighted by Gasteiger charge is -2.42. The predicted molar refractivity (Wildman–Crippen MR) is 158 cm³/mol. The first kappa shape index (κ1) is 30.3. The van der Waals surface area contributed by atoms with Gasteiger partial charge in [0.1, 0.15) is 11.3 Å². The summed E-state index contributed by atoms with van der Waals surface area (Å²) in [5.74, 6) is 1.10. The number of benzene rings is 1. The van der Waals surface area contributed by atoms with Crippen LogP contribution in [0.25, 0.3) is 17.2 Å². The summed E-state index contributed by atoms with van der Waals surface area (Å²) in [5.41, 5.74) is 7.11. The number of halogens is 2. The van der Waals surface area contributed by atoms with Gasteiger partial charge in [-0.1, -0.05) is 43.3 Å². The van der Waals surface area contributed by atoms with Crippen molar-refractivity contribution in [1.82, 2.24) is 24.3 Å². The number of pyridine rings is 1. The molecule has 5 nitrogen and oxygen atoms in total. The van der Waals surface area contributed by atoms with Gasteiger partial charge in [-0.2, -0.15) is 0 Å². The molecule has 0 atom stereocenters. The van der Waals surface area contributed by atoms with Gasteiger partial charge in [-0.3, -0.25) is 4.90 Å². The number of aromatic nitrogens is 3. The molecular formula is C29H43Cl2N5. The maximum absolute atomic E-state index is 4.87. The monoisotopic (exact) mass is 531 g/mol. The topological polar surface area (TPSA) is 37.2 Å². The largest absolute Gasteiger partial charge is 0.308 e. The summed E-state index contributed by atoms with van der Waals surface area (Å²) >= 11 is 0. The highest BCUT2D eigenvalue weighted by atomic mass is 35.5. The van der Waals surface area contributed by atoms with Crippen LogP contribution in [-0.2, 0) is 13.0 Å². The Hall–Kier alpha value is -1.92. The molecular weight excluding hydrogens is 489 g/mol. The molecule has 1 aliphatic heterocycles. The van der Waals surface area contributed by atoms with E-state index in [0.29, 0.717) is 0 Å². The van der Waals surface area contributed by atoms with E-state index in [1.165, 1.54) is 42.9 Å². The number of hydrogen-bond donors (Lipinski definition) is 0. The van der Waals surface area contributed by atoms with Gasteiger partial charge in [0, 0.05) is 50.4 Å². The lowest BCUT2D eigenvalue weighted by Crippen LogP contribution is -2.53. The van der Waals surface area contributed by atoms with Gasteiger partial charge in [0.25, 0.3) is 0 Å². The minimum absolute atomic E-state index is 0. The Balaban J connectivity index is 0.00000228. The van der Waals surface area contributed by atoms with Crippen molar-refractivity contribution in [3.63, 3.8) is 0 Å². The quantitative estimate of drug-likeness (QED) is 0.357. The molecule has 36 heavy (non-hydrogen) atoms. The molecule has 0 radical (unpaired) electrons. The number of hydrogen-bond acceptors (Lipinski definition) is 4. The Morgan fingerprint density at radius 2 is 1.61 bits per heavy atom. The summed E-state index contributed by atoms with van der Waals surface area (Å²) in [5, 5.41) is 0. The molecule has 3 aromatic rings. The number of fused-ring (bicyclic) bond motifs is 1. The molecule has 0 bridgehead atoms. The molecule has 198 valence electrons. The first-order chi connectivity index (χ1) is 16.2. The Kier molecular flexibility index (Phi) is 11.0. The lowest BCUT2D eigenvalue weighted by atomic mass is 10.0. The molecule has 1 aliphatic rings. The van der Waals surface area contributed by atoms with Crippen molar-refractivity contribution in [1.29, 1.82) is 0 Å². The number of piperazine rings is 1. The molecule has 0 unspecified atom stereocenters. The SMILES string of the molecule is CCc1nc2c(C)cc(C)nc2n1Cc1ccc(/C=C/CCN2CCN(C(C)(C)C)CC2)cc1.Cl.Cl. The Bertz CT molecular complexity index is 1140. The number of imidazole rings is 1. The van der Waals surface area contributed by atoms with E-state index in [0.717, 1.165) is 48.6 Å². The predicted octanol–water partition coefficient (Wildman–Crippen LogP) is 6.32. The fourth-order valence-electron chi connectivity index (χ4n) is 4.92. The van der Waals surface area contributed by atoms with Gasteiger partial charge in [-0.05, 0) is 63.8 Å². The molecule has 3 heterocycles. The van der Waals surface area contributed by atoms with E-state index in [-0.39, 0.29) is 30.4 Å². The number of nitrogens with zero attached hydrogens (tertiary/aromatic N) is 5. The molecule has 7 heteroatoms. The summed E-state index contributed by atoms with van der Waals surface area (Å²) in [6.07, 6.45) is 6.58. The fourth-order valence-corrected chi connectivity index (χ4v) is 4.92. The van der Waals surface area contributed by atoms with Crippen LogP contribution < -0.4 is 0 Å². The van der Waals surface area contributed by atoms with Crippen molar-refractivity contribution in [2.45, 2.75) is 66.5 Å². The van der Waals surface area contributed by atoms with Gasteiger partial charge >= 0.3 is 0 Å². The Morgan fingerprint density at radius 1 is 0.944 bits per heavy atom. The molecule has 0 saturated carbocycles. The summed E-state index contributed by atoms with van der Waals surface area (Å²) in [7, 11) is 0. The van der Waals surface area contributed by atoms with Crippen molar-refractivity contribution in [3.8, 4) is 0 Å². The summed E-state index contributed by atoms with van der Waals surface area (Å²) in [6, 6.07) is 11.0. The van der Waals surface area contributed by atoms with Crippen molar-refractivity contribution >= 4 is 42.1 Å². The molecule has 0 aliphatic carbocycles. The van der Waals surface area contributed by atoms with Gasteiger partial charge < -0.3 is 9.47 Å². The van der Waals surface area contributed by atoms with Crippen LogP contribution in [0.2, 0.25) is 0 Å². The second-order valence-electron chi connectivity index (χ2n) is 10.7. The highest BCUT2D eigenvalue weighted by Gasteiger charge is 2.25. The standard InChI is InChI=1S/C29H41N5.2ClH/c1-7-26-31-27-22(2)20-23(3)30-28(27)34(26)21-25-13-11-24(12-14-25)10-8-9-15-32-16-18-33(19-17-32)29(4,5)6;;/h8,10-14,20H,7,9,15-19,21H2,1-6H3;2*1H/b10-8+;;.